The van der Waals surface area contributed by atoms with Gasteiger partial charge in [-0.15, -0.1) is 0 Å². The van der Waals surface area contributed by atoms with Crippen molar-refractivity contribution in [2.24, 2.45) is 11.0 Å². The lowest BCUT2D eigenvalue weighted by Crippen LogP contribution is -2.73. The summed E-state index contributed by atoms with van der Waals surface area (Å²) in [5, 5.41) is 24.5. The first kappa shape index (κ1) is 14.7. The second kappa shape index (κ2) is 5.76. The van der Waals surface area contributed by atoms with Gasteiger partial charge in [-0.1, -0.05) is 13.8 Å². The molecule has 0 aromatic heterocycles. The van der Waals surface area contributed by atoms with E-state index in [0.29, 0.717) is 5.69 Å². The minimum absolute atomic E-state index is 0.0875. The first-order chi connectivity index (χ1) is 9.91. The Hall–Kier alpha value is -2.67. The summed E-state index contributed by atoms with van der Waals surface area (Å²) < 4.78 is 0. The van der Waals surface area contributed by atoms with Crippen molar-refractivity contribution in [3.63, 3.8) is 0 Å². The van der Waals surface area contributed by atoms with Gasteiger partial charge < -0.3 is 10.2 Å². The number of fused-ring (bicyclic) bond motifs is 1. The Balaban J connectivity index is 2.25. The van der Waals surface area contributed by atoms with Crippen molar-refractivity contribution in [3.05, 3.63) is 29.5 Å². The van der Waals surface area contributed by atoms with Gasteiger partial charge in [-0.25, -0.2) is 5.43 Å². The molecule has 0 unspecified atom stereocenters. The number of Topliss-reactive ketones (excluding diaryl/α,β-unsaturated/α-hetero) is 1. The molecule has 21 heavy (non-hydrogen) atoms. The van der Waals surface area contributed by atoms with Gasteiger partial charge in [0, 0.05) is 12.3 Å². The zero-order valence-electron chi connectivity index (χ0n) is 11.6. The summed E-state index contributed by atoms with van der Waals surface area (Å²) in [5.74, 6) is -2.10. The van der Waals surface area contributed by atoms with Gasteiger partial charge in [0.05, 0.1) is 0 Å². The van der Waals surface area contributed by atoms with Crippen molar-refractivity contribution in [3.8, 4) is 11.5 Å². The molecule has 1 aromatic carbocycles. The van der Waals surface area contributed by atoms with Crippen molar-refractivity contribution in [1.82, 2.24) is 5.43 Å². The summed E-state index contributed by atoms with van der Waals surface area (Å²) in [6.45, 7) is 3.79. The van der Waals surface area contributed by atoms with Gasteiger partial charge in [-0.2, -0.15) is 5.10 Å². The number of phenols is 2. The largest absolute Gasteiger partial charge is 0.504 e. The molecule has 0 saturated heterocycles. The van der Waals surface area contributed by atoms with Crippen molar-refractivity contribution < 1.29 is 25.1 Å². The van der Waals surface area contributed by atoms with Gasteiger partial charge in [-0.3, -0.25) is 14.9 Å². The molecule has 1 heterocycles. The van der Waals surface area contributed by atoms with Crippen LogP contribution in [0.1, 0.15) is 24.2 Å². The third kappa shape index (κ3) is 2.92. The normalized spacial score (nSPS) is 14.2. The van der Waals surface area contributed by atoms with E-state index < -0.39 is 23.2 Å². The van der Waals surface area contributed by atoms with Crippen LogP contribution in [0.2, 0.25) is 0 Å². The molecule has 0 atom stereocenters. The maximum atomic E-state index is 12.3. The number of benzene rings is 1. The van der Waals surface area contributed by atoms with Gasteiger partial charge in [0.2, 0.25) is 5.78 Å². The standard InChI is InChI=1S/C14H15N3O4/c1-7(2)5-16-17-14(21)8-6-15-9-3-4-10(18)13(20)11(9)12(8)19/h3-7,18,20H,1-2H3,(H,15,19)(H,17,21)/p+1. The summed E-state index contributed by atoms with van der Waals surface area (Å²) in [7, 11) is 0. The second-order valence-corrected chi connectivity index (χ2v) is 4.94. The SMILES string of the molecule is CC(C)C=NNC(=O)C1=C[NH2+]c2ccc(O)c(O)c2C1=O. The molecule has 0 aliphatic carbocycles. The van der Waals surface area contributed by atoms with Crippen LogP contribution in [-0.4, -0.2) is 28.1 Å². The Kier molecular flexibility index (Phi) is 4.04. The van der Waals surface area contributed by atoms with Crippen LogP contribution in [0.5, 0.6) is 11.5 Å². The number of amides is 1. The summed E-state index contributed by atoms with van der Waals surface area (Å²) >= 11 is 0. The number of quaternary nitrogens is 1. The summed E-state index contributed by atoms with van der Waals surface area (Å²) in [6, 6.07) is 2.77. The number of nitrogens with one attached hydrogen (secondary N) is 1. The number of hydrogen-bond donors (Lipinski definition) is 4. The highest BCUT2D eigenvalue weighted by Crippen LogP contribution is 2.34. The predicted octanol–water partition coefficient (Wildman–Crippen LogP) is 0.131. The smallest absolute Gasteiger partial charge is 0.280 e. The fourth-order valence-corrected chi connectivity index (χ4v) is 1.84. The Bertz CT molecular complexity index is 662. The number of rotatable bonds is 3. The van der Waals surface area contributed by atoms with Crippen LogP contribution >= 0.6 is 0 Å². The van der Waals surface area contributed by atoms with Crippen LogP contribution in [0.25, 0.3) is 0 Å². The van der Waals surface area contributed by atoms with Crippen LogP contribution in [0.4, 0.5) is 5.69 Å². The number of carbonyl (C=O) groups excluding carboxylic acids is 2. The maximum Gasteiger partial charge on any atom is 0.280 e. The number of carbonyl (C=O) groups is 2. The van der Waals surface area contributed by atoms with E-state index in [2.05, 4.69) is 10.5 Å². The average Bonchev–Trinajstić information content (AvgIpc) is 2.42. The molecule has 0 radical (unpaired) electrons. The van der Waals surface area contributed by atoms with Crippen LogP contribution in [0.3, 0.4) is 0 Å². The Labute approximate surface area is 121 Å². The quantitative estimate of drug-likeness (QED) is 0.158. The molecule has 1 aliphatic heterocycles. The highest BCUT2D eigenvalue weighted by atomic mass is 16.3. The molecule has 1 amide bonds. The van der Waals surface area contributed by atoms with Crippen molar-refractivity contribution >= 4 is 23.6 Å². The van der Waals surface area contributed by atoms with Gasteiger partial charge in [-0.05, 0) is 12.0 Å². The van der Waals surface area contributed by atoms with E-state index in [4.69, 9.17) is 0 Å². The third-order valence-corrected chi connectivity index (χ3v) is 2.87. The van der Waals surface area contributed by atoms with E-state index in [1.54, 1.807) is 0 Å². The molecule has 0 fully saturated rings. The third-order valence-electron chi connectivity index (χ3n) is 2.87. The molecule has 0 bridgehead atoms. The van der Waals surface area contributed by atoms with E-state index in [9.17, 15) is 19.8 Å². The highest BCUT2D eigenvalue weighted by molar-refractivity contribution is 6.28. The predicted molar refractivity (Wildman–Crippen MR) is 75.2 cm³/mol. The van der Waals surface area contributed by atoms with Gasteiger partial charge in [0.25, 0.3) is 5.91 Å². The molecule has 2 rings (SSSR count). The first-order valence-corrected chi connectivity index (χ1v) is 6.40. The van der Waals surface area contributed by atoms with E-state index in [1.807, 2.05) is 13.8 Å². The van der Waals surface area contributed by atoms with Gasteiger partial charge in [0.15, 0.2) is 11.5 Å². The summed E-state index contributed by atoms with van der Waals surface area (Å²) in [6.07, 6.45) is 2.90. The maximum absolute atomic E-state index is 12.3. The Morgan fingerprint density at radius 3 is 2.76 bits per heavy atom. The number of ketones is 1. The molecule has 1 aliphatic rings. The minimum atomic E-state index is -0.665. The number of aromatic hydroxyl groups is 2. The van der Waals surface area contributed by atoms with E-state index in [-0.39, 0.29) is 17.1 Å². The molecular weight excluding hydrogens is 274 g/mol. The number of phenolic OH excluding ortho intramolecular Hbond substituents is 2. The van der Waals surface area contributed by atoms with Crippen LogP contribution < -0.4 is 10.7 Å². The molecule has 1 aromatic rings. The van der Waals surface area contributed by atoms with Crippen LogP contribution in [-0.2, 0) is 4.79 Å². The van der Waals surface area contributed by atoms with Crippen LogP contribution in [0.15, 0.2) is 29.0 Å². The molecule has 5 N–H and O–H groups in total. The fourth-order valence-electron chi connectivity index (χ4n) is 1.84. The van der Waals surface area contributed by atoms with Crippen molar-refractivity contribution in [2.75, 3.05) is 0 Å². The van der Waals surface area contributed by atoms with Crippen molar-refractivity contribution in [1.29, 1.82) is 0 Å². The Morgan fingerprint density at radius 1 is 1.38 bits per heavy atom. The number of hydrazone groups is 1. The molecular formula is C14H16N3O4+. The van der Waals surface area contributed by atoms with E-state index >= 15 is 0 Å². The molecule has 7 nitrogen and oxygen atoms in total. The second-order valence-electron chi connectivity index (χ2n) is 4.94. The van der Waals surface area contributed by atoms with Crippen molar-refractivity contribution in [2.45, 2.75) is 13.8 Å². The summed E-state index contributed by atoms with van der Waals surface area (Å²) in [4.78, 5) is 24.2. The molecule has 7 heteroatoms. The topological polar surface area (TPSA) is 116 Å². The number of hydrogen-bond acceptors (Lipinski definition) is 5. The average molecular weight is 290 g/mol. The lowest BCUT2D eigenvalue weighted by Gasteiger charge is -2.13. The minimum Gasteiger partial charge on any atom is -0.504 e. The monoisotopic (exact) mass is 290 g/mol. The zero-order chi connectivity index (χ0) is 15.6. The Morgan fingerprint density at radius 2 is 2.10 bits per heavy atom. The van der Waals surface area contributed by atoms with Gasteiger partial charge >= 0.3 is 0 Å². The summed E-state index contributed by atoms with van der Waals surface area (Å²) in [5.41, 5.74) is 2.46. The number of nitrogens with two attached hydrogens (primary N) is 1. The highest BCUT2D eigenvalue weighted by Gasteiger charge is 2.32. The van der Waals surface area contributed by atoms with Gasteiger partial charge in [0.1, 0.15) is 23.0 Å². The molecule has 110 valence electrons. The lowest BCUT2D eigenvalue weighted by atomic mass is 9.97. The van der Waals surface area contributed by atoms with E-state index in [0.717, 1.165) is 0 Å². The molecule has 0 spiro atoms. The fraction of sp³-hybridized carbons (Fsp3) is 0.214. The first-order valence-electron chi connectivity index (χ1n) is 6.40. The number of nitrogens with zero attached hydrogens (tertiary/aromatic N) is 1. The molecule has 0 saturated carbocycles. The lowest BCUT2D eigenvalue weighted by molar-refractivity contribution is -0.498. The van der Waals surface area contributed by atoms with E-state index in [1.165, 1.54) is 29.9 Å². The van der Waals surface area contributed by atoms with Crippen LogP contribution in [0, 0.1) is 5.92 Å². The zero-order valence-corrected chi connectivity index (χ0v) is 11.6.